The molecule has 1 atom stereocenters. The number of hydrogen-bond acceptors (Lipinski definition) is 2. The highest BCUT2D eigenvalue weighted by Gasteiger charge is 2.30. The fourth-order valence-electron chi connectivity index (χ4n) is 4.84. The first-order valence-electron chi connectivity index (χ1n) is 11.3. The topological polar surface area (TPSA) is 32.7 Å². The van der Waals surface area contributed by atoms with E-state index in [0.717, 1.165) is 59.6 Å². The number of nitrogens with zero attached hydrogens (tertiary/aromatic N) is 2. The number of carbonyl (C=O) groups is 1. The second kappa shape index (κ2) is 9.30. The molecule has 1 aromatic carbocycles. The van der Waals surface area contributed by atoms with Gasteiger partial charge < -0.3 is 4.90 Å². The van der Waals surface area contributed by atoms with Crippen LogP contribution in [0.4, 0.5) is 0 Å². The van der Waals surface area contributed by atoms with Crippen molar-refractivity contribution < 1.29 is 4.79 Å². The normalized spacial score (nSPS) is 21.1. The molecule has 1 unspecified atom stereocenters. The van der Waals surface area contributed by atoms with Crippen LogP contribution in [0.15, 0.2) is 51.7 Å². The lowest BCUT2D eigenvalue weighted by Crippen LogP contribution is -2.38. The highest BCUT2D eigenvalue weighted by atomic mass is 35.5. The molecule has 0 N–H and O–H groups in total. The van der Waals surface area contributed by atoms with E-state index < -0.39 is 0 Å². The minimum absolute atomic E-state index is 0.0139. The molecule has 1 aromatic rings. The van der Waals surface area contributed by atoms with E-state index in [1.807, 2.05) is 17.9 Å². The maximum absolute atomic E-state index is 13.2. The van der Waals surface area contributed by atoms with Crippen molar-refractivity contribution in [2.45, 2.75) is 46.5 Å². The van der Waals surface area contributed by atoms with Gasteiger partial charge in [-0.3, -0.25) is 9.79 Å². The summed E-state index contributed by atoms with van der Waals surface area (Å²) in [6, 6.07) is 3.53. The molecule has 4 rings (SSSR count). The Labute approximate surface area is 200 Å². The van der Waals surface area contributed by atoms with E-state index in [2.05, 4.69) is 25.8 Å². The fourth-order valence-corrected chi connectivity index (χ4v) is 5.42. The number of likely N-dealkylation sites (tertiary alicyclic amines) is 1. The van der Waals surface area contributed by atoms with Crippen LogP contribution in [0, 0.1) is 24.2 Å². The lowest BCUT2D eigenvalue weighted by Gasteiger charge is -2.32. The number of benzene rings is 1. The van der Waals surface area contributed by atoms with Gasteiger partial charge >= 0.3 is 0 Å². The number of piperidine rings is 1. The Morgan fingerprint density at radius 2 is 1.97 bits per heavy atom. The predicted molar refractivity (Wildman–Crippen MR) is 133 cm³/mol. The smallest absolute Gasteiger partial charge is 0.255 e. The molecule has 3 aliphatic rings. The summed E-state index contributed by atoms with van der Waals surface area (Å²) >= 11 is 13.3. The predicted octanol–water partition coefficient (Wildman–Crippen LogP) is 6.66. The fraction of sp³-hybridized carbons (Fsp3) is 0.407. The molecular formula is C27H28Cl2N2O. The standard InChI is InChI=1S/C27H28Cl2N2O/c1-5-18-9-11-31(12-10-18)27(32)20-7-8-23(28)22(25(20)29)15-24-17(4)21-14-19(6-2)13-16(3)26(21)30-24/h2,7-8,13-14,18,21H,5,9-12,15H2,1,3-4H3. The number of allylic oxidation sites excluding steroid dienone is 6. The van der Waals surface area contributed by atoms with E-state index in [1.54, 1.807) is 12.1 Å². The van der Waals surface area contributed by atoms with Gasteiger partial charge in [0.2, 0.25) is 0 Å². The molecule has 3 nitrogen and oxygen atoms in total. The van der Waals surface area contributed by atoms with Crippen LogP contribution in [0.25, 0.3) is 0 Å². The van der Waals surface area contributed by atoms with Crippen molar-refractivity contribution in [1.29, 1.82) is 0 Å². The van der Waals surface area contributed by atoms with Crippen molar-refractivity contribution in [3.8, 4) is 12.3 Å². The number of aliphatic imine (C=N–C) groups is 1. The van der Waals surface area contributed by atoms with E-state index in [9.17, 15) is 4.79 Å². The molecule has 0 aromatic heterocycles. The summed E-state index contributed by atoms with van der Waals surface area (Å²) in [5, 5.41) is 0.987. The third-order valence-corrected chi connectivity index (χ3v) is 7.79. The Morgan fingerprint density at radius 1 is 1.25 bits per heavy atom. The van der Waals surface area contributed by atoms with Crippen molar-refractivity contribution in [3.05, 3.63) is 67.9 Å². The van der Waals surface area contributed by atoms with Gasteiger partial charge in [-0.25, -0.2) is 0 Å². The lowest BCUT2D eigenvalue weighted by atomic mass is 9.85. The third kappa shape index (κ3) is 4.19. The Bertz CT molecular complexity index is 1130. The third-order valence-electron chi connectivity index (χ3n) is 7.00. The molecule has 32 heavy (non-hydrogen) atoms. The van der Waals surface area contributed by atoms with E-state index in [1.165, 1.54) is 6.42 Å². The Balaban J connectivity index is 1.61. The van der Waals surface area contributed by atoms with Crippen LogP contribution in [0.1, 0.15) is 56.0 Å². The highest BCUT2D eigenvalue weighted by Crippen LogP contribution is 2.38. The van der Waals surface area contributed by atoms with Gasteiger partial charge in [0.25, 0.3) is 5.91 Å². The van der Waals surface area contributed by atoms with Crippen LogP contribution in [0.2, 0.25) is 10.0 Å². The van der Waals surface area contributed by atoms with Gasteiger partial charge in [0.15, 0.2) is 0 Å². The monoisotopic (exact) mass is 466 g/mol. The lowest BCUT2D eigenvalue weighted by molar-refractivity contribution is 0.0689. The molecule has 0 spiro atoms. The molecule has 166 valence electrons. The van der Waals surface area contributed by atoms with Crippen molar-refractivity contribution in [2.24, 2.45) is 16.8 Å². The number of hydrogen-bond donors (Lipinski definition) is 0. The SMILES string of the molecule is C#CC1=CC2C(=NC(Cc3c(Cl)ccc(C(=O)N4CCC(CC)CC4)c3Cl)=C2C)C(C)=C1. The Kier molecular flexibility index (Phi) is 6.65. The van der Waals surface area contributed by atoms with Crippen molar-refractivity contribution >= 4 is 34.8 Å². The quantitative estimate of drug-likeness (QED) is 0.456. The molecule has 1 saturated heterocycles. The molecule has 2 aliphatic heterocycles. The van der Waals surface area contributed by atoms with Crippen molar-refractivity contribution in [2.75, 3.05) is 13.1 Å². The summed E-state index contributed by atoms with van der Waals surface area (Å²) in [5.74, 6) is 3.51. The summed E-state index contributed by atoms with van der Waals surface area (Å²) in [4.78, 5) is 20.0. The van der Waals surface area contributed by atoms with E-state index in [-0.39, 0.29) is 11.8 Å². The summed E-state index contributed by atoms with van der Waals surface area (Å²) in [7, 11) is 0. The Hall–Kier alpha value is -2.28. The molecule has 0 saturated carbocycles. The summed E-state index contributed by atoms with van der Waals surface area (Å²) in [5.41, 5.74) is 6.33. The summed E-state index contributed by atoms with van der Waals surface area (Å²) in [6.45, 7) is 7.88. The molecule has 1 aliphatic carbocycles. The number of amides is 1. The zero-order valence-corrected chi connectivity index (χ0v) is 20.4. The van der Waals surface area contributed by atoms with Gasteiger partial charge in [0, 0.05) is 41.7 Å². The van der Waals surface area contributed by atoms with Crippen molar-refractivity contribution in [3.63, 3.8) is 0 Å². The van der Waals surface area contributed by atoms with E-state index in [0.29, 0.717) is 27.9 Å². The maximum atomic E-state index is 13.2. The van der Waals surface area contributed by atoms with Crippen molar-refractivity contribution in [1.82, 2.24) is 4.90 Å². The van der Waals surface area contributed by atoms with Gasteiger partial charge in [-0.2, -0.15) is 0 Å². The second-order valence-electron chi connectivity index (χ2n) is 8.91. The Morgan fingerprint density at radius 3 is 2.62 bits per heavy atom. The first kappa shape index (κ1) is 22.9. The minimum atomic E-state index is -0.0139. The number of rotatable bonds is 4. The molecule has 5 heteroatoms. The van der Waals surface area contributed by atoms with Crippen LogP contribution in [-0.2, 0) is 6.42 Å². The van der Waals surface area contributed by atoms with Crippen LogP contribution in [0.5, 0.6) is 0 Å². The molecular weight excluding hydrogens is 439 g/mol. The highest BCUT2D eigenvalue weighted by molar-refractivity contribution is 6.38. The average molecular weight is 467 g/mol. The molecule has 1 amide bonds. The van der Waals surface area contributed by atoms with Gasteiger partial charge in [-0.15, -0.1) is 6.42 Å². The molecule has 0 bridgehead atoms. The minimum Gasteiger partial charge on any atom is -0.339 e. The van der Waals surface area contributed by atoms with Crippen LogP contribution < -0.4 is 0 Å². The van der Waals surface area contributed by atoms with Gasteiger partial charge in [0.1, 0.15) is 0 Å². The summed E-state index contributed by atoms with van der Waals surface area (Å²) in [6.07, 6.45) is 13.4. The van der Waals surface area contributed by atoms with Crippen LogP contribution >= 0.6 is 23.2 Å². The van der Waals surface area contributed by atoms with E-state index >= 15 is 0 Å². The second-order valence-corrected chi connectivity index (χ2v) is 9.69. The van der Waals surface area contributed by atoms with E-state index in [4.69, 9.17) is 34.6 Å². The van der Waals surface area contributed by atoms with Gasteiger partial charge in [0.05, 0.1) is 16.3 Å². The summed E-state index contributed by atoms with van der Waals surface area (Å²) < 4.78 is 0. The van der Waals surface area contributed by atoms with Crippen LogP contribution in [0.3, 0.4) is 0 Å². The zero-order valence-electron chi connectivity index (χ0n) is 18.8. The number of halogens is 2. The number of carbonyl (C=O) groups excluding carboxylic acids is 1. The number of terminal acetylenes is 1. The number of fused-ring (bicyclic) bond motifs is 1. The zero-order chi connectivity index (χ0) is 23.0. The molecule has 1 fully saturated rings. The maximum Gasteiger partial charge on any atom is 0.255 e. The van der Waals surface area contributed by atoms with Crippen LogP contribution in [-0.4, -0.2) is 29.6 Å². The molecule has 2 heterocycles. The molecule has 0 radical (unpaired) electrons. The first-order chi connectivity index (χ1) is 15.3. The average Bonchev–Trinajstić information content (AvgIpc) is 3.12. The largest absolute Gasteiger partial charge is 0.339 e. The first-order valence-corrected chi connectivity index (χ1v) is 12.0. The van der Waals surface area contributed by atoms with Gasteiger partial charge in [-0.1, -0.05) is 48.5 Å². The van der Waals surface area contributed by atoms with Gasteiger partial charge in [-0.05, 0) is 67.5 Å².